The SMILES string of the molecule is CCCn1ncc(Cl)c1C(=O)c1coc2ccccc12. The van der Waals surface area contributed by atoms with Crippen LogP contribution in [0.5, 0.6) is 0 Å². The van der Waals surface area contributed by atoms with Crippen LogP contribution < -0.4 is 0 Å². The summed E-state index contributed by atoms with van der Waals surface area (Å²) in [5, 5.41) is 5.31. The van der Waals surface area contributed by atoms with Gasteiger partial charge in [-0.15, -0.1) is 0 Å². The molecule has 0 radical (unpaired) electrons. The number of carbonyl (C=O) groups is 1. The summed E-state index contributed by atoms with van der Waals surface area (Å²) in [6, 6.07) is 7.44. The van der Waals surface area contributed by atoms with Crippen LogP contribution in [0.15, 0.2) is 41.1 Å². The number of benzene rings is 1. The molecule has 102 valence electrons. The fourth-order valence-electron chi connectivity index (χ4n) is 2.25. The van der Waals surface area contributed by atoms with E-state index in [4.69, 9.17) is 16.0 Å². The van der Waals surface area contributed by atoms with Crippen molar-refractivity contribution in [3.05, 3.63) is 53.0 Å². The molecule has 0 N–H and O–H groups in total. The van der Waals surface area contributed by atoms with Crippen molar-refractivity contribution in [2.24, 2.45) is 0 Å². The molecule has 0 fully saturated rings. The first kappa shape index (κ1) is 12.9. The Morgan fingerprint density at radius 1 is 1.40 bits per heavy atom. The minimum atomic E-state index is -0.161. The highest BCUT2D eigenvalue weighted by molar-refractivity contribution is 6.35. The van der Waals surface area contributed by atoms with Crippen LogP contribution in [0.4, 0.5) is 0 Å². The number of furan rings is 1. The highest BCUT2D eigenvalue weighted by Crippen LogP contribution is 2.26. The number of carbonyl (C=O) groups excluding carboxylic acids is 1. The van der Waals surface area contributed by atoms with Gasteiger partial charge in [-0.25, -0.2) is 0 Å². The van der Waals surface area contributed by atoms with Gasteiger partial charge in [0.15, 0.2) is 0 Å². The lowest BCUT2D eigenvalue weighted by molar-refractivity contribution is 0.102. The second-order valence-corrected chi connectivity index (χ2v) is 4.95. The third-order valence-electron chi connectivity index (χ3n) is 3.17. The Balaban J connectivity index is 2.11. The first-order chi connectivity index (χ1) is 9.72. The van der Waals surface area contributed by atoms with Crippen LogP contribution in [-0.2, 0) is 6.54 Å². The van der Waals surface area contributed by atoms with Crippen molar-refractivity contribution in [1.82, 2.24) is 9.78 Å². The van der Waals surface area contributed by atoms with Crippen LogP contribution in [0.3, 0.4) is 0 Å². The average molecular weight is 289 g/mol. The second kappa shape index (κ2) is 5.13. The molecule has 2 heterocycles. The number of halogens is 1. The smallest absolute Gasteiger partial charge is 0.216 e. The number of nitrogens with zero attached hydrogens (tertiary/aromatic N) is 2. The standard InChI is InChI=1S/C15H13ClN2O2/c1-2-7-18-14(12(16)8-17-18)15(19)11-9-20-13-6-4-3-5-10(11)13/h3-6,8-9H,2,7H2,1H3. The average Bonchev–Trinajstić information content (AvgIpc) is 3.03. The molecule has 1 aromatic carbocycles. The topological polar surface area (TPSA) is 48.0 Å². The van der Waals surface area contributed by atoms with Gasteiger partial charge in [-0.05, 0) is 12.5 Å². The zero-order valence-corrected chi connectivity index (χ0v) is 11.7. The molecule has 0 unspecified atom stereocenters. The summed E-state index contributed by atoms with van der Waals surface area (Å²) in [6.07, 6.45) is 3.86. The van der Waals surface area contributed by atoms with Crippen molar-refractivity contribution in [2.75, 3.05) is 0 Å². The molecule has 3 aromatic rings. The molecule has 0 aliphatic carbocycles. The lowest BCUT2D eigenvalue weighted by Crippen LogP contribution is -2.11. The van der Waals surface area contributed by atoms with Crippen LogP contribution in [0.2, 0.25) is 5.02 Å². The zero-order chi connectivity index (χ0) is 14.1. The molecule has 0 spiro atoms. The Hall–Kier alpha value is -2.07. The summed E-state index contributed by atoms with van der Waals surface area (Å²) in [5.41, 5.74) is 1.62. The molecule has 0 saturated carbocycles. The monoisotopic (exact) mass is 288 g/mol. The summed E-state index contributed by atoms with van der Waals surface area (Å²) in [7, 11) is 0. The van der Waals surface area contributed by atoms with Crippen molar-refractivity contribution in [1.29, 1.82) is 0 Å². The van der Waals surface area contributed by atoms with Gasteiger partial charge in [-0.1, -0.05) is 36.7 Å². The van der Waals surface area contributed by atoms with E-state index in [2.05, 4.69) is 5.10 Å². The number of fused-ring (bicyclic) bond motifs is 1. The van der Waals surface area contributed by atoms with E-state index in [1.807, 2.05) is 31.2 Å². The van der Waals surface area contributed by atoms with E-state index < -0.39 is 0 Å². The Morgan fingerprint density at radius 3 is 3.00 bits per heavy atom. The van der Waals surface area contributed by atoms with Crippen molar-refractivity contribution >= 4 is 28.4 Å². The highest BCUT2D eigenvalue weighted by atomic mass is 35.5. The van der Waals surface area contributed by atoms with Gasteiger partial charge < -0.3 is 4.42 Å². The van der Waals surface area contributed by atoms with Crippen molar-refractivity contribution in [3.63, 3.8) is 0 Å². The van der Waals surface area contributed by atoms with Gasteiger partial charge in [0.2, 0.25) is 5.78 Å². The van der Waals surface area contributed by atoms with Gasteiger partial charge in [-0.3, -0.25) is 9.48 Å². The third kappa shape index (κ3) is 2.02. The first-order valence-electron chi connectivity index (χ1n) is 6.44. The summed E-state index contributed by atoms with van der Waals surface area (Å²) >= 11 is 6.11. The summed E-state index contributed by atoms with van der Waals surface area (Å²) in [4.78, 5) is 12.7. The van der Waals surface area contributed by atoms with E-state index in [1.54, 1.807) is 4.68 Å². The minimum Gasteiger partial charge on any atom is -0.464 e. The van der Waals surface area contributed by atoms with Crippen LogP contribution in [-0.4, -0.2) is 15.6 Å². The zero-order valence-electron chi connectivity index (χ0n) is 11.0. The second-order valence-electron chi connectivity index (χ2n) is 4.54. The van der Waals surface area contributed by atoms with Gasteiger partial charge in [0.05, 0.1) is 16.8 Å². The molecule has 0 aliphatic rings. The summed E-state index contributed by atoms with van der Waals surface area (Å²) < 4.78 is 7.06. The first-order valence-corrected chi connectivity index (χ1v) is 6.82. The van der Waals surface area contributed by atoms with Crippen molar-refractivity contribution in [3.8, 4) is 0 Å². The van der Waals surface area contributed by atoms with Gasteiger partial charge in [0.1, 0.15) is 17.5 Å². The van der Waals surface area contributed by atoms with Crippen LogP contribution in [0, 0.1) is 0 Å². The van der Waals surface area contributed by atoms with Crippen LogP contribution in [0.25, 0.3) is 11.0 Å². The Bertz CT molecular complexity index is 773. The minimum absolute atomic E-state index is 0.161. The fraction of sp³-hybridized carbons (Fsp3) is 0.200. The molecule has 0 saturated heterocycles. The molecular formula is C15H13ClN2O2. The molecule has 20 heavy (non-hydrogen) atoms. The lowest BCUT2D eigenvalue weighted by Gasteiger charge is -2.04. The van der Waals surface area contributed by atoms with Gasteiger partial charge >= 0.3 is 0 Å². The van der Waals surface area contributed by atoms with Crippen LogP contribution in [0.1, 0.15) is 29.4 Å². The van der Waals surface area contributed by atoms with E-state index in [-0.39, 0.29) is 5.78 Å². The maximum absolute atomic E-state index is 12.7. The number of rotatable bonds is 4. The molecule has 0 amide bonds. The number of aromatic nitrogens is 2. The van der Waals surface area contributed by atoms with E-state index in [9.17, 15) is 4.79 Å². The van der Waals surface area contributed by atoms with Gasteiger partial charge in [-0.2, -0.15) is 5.10 Å². The largest absolute Gasteiger partial charge is 0.464 e. The Kier molecular flexibility index (Phi) is 3.32. The maximum Gasteiger partial charge on any atom is 0.216 e. The molecule has 0 atom stereocenters. The number of ketones is 1. The Labute approximate surface area is 120 Å². The number of aryl methyl sites for hydroxylation is 1. The molecule has 4 nitrogen and oxygen atoms in total. The summed E-state index contributed by atoms with van der Waals surface area (Å²) in [5.74, 6) is -0.161. The fourth-order valence-corrected chi connectivity index (χ4v) is 2.48. The van der Waals surface area contributed by atoms with E-state index in [0.717, 1.165) is 11.8 Å². The predicted molar refractivity (Wildman–Crippen MR) is 77.2 cm³/mol. The van der Waals surface area contributed by atoms with E-state index >= 15 is 0 Å². The molecule has 2 aromatic heterocycles. The molecule has 0 bridgehead atoms. The normalized spacial score (nSPS) is 11.1. The number of hydrogen-bond acceptors (Lipinski definition) is 3. The number of hydrogen-bond donors (Lipinski definition) is 0. The van der Waals surface area contributed by atoms with Crippen molar-refractivity contribution < 1.29 is 9.21 Å². The van der Waals surface area contributed by atoms with Gasteiger partial charge in [0, 0.05) is 11.9 Å². The maximum atomic E-state index is 12.7. The summed E-state index contributed by atoms with van der Waals surface area (Å²) in [6.45, 7) is 2.68. The van der Waals surface area contributed by atoms with E-state index in [0.29, 0.717) is 28.4 Å². The Morgan fingerprint density at radius 2 is 2.20 bits per heavy atom. The molecule has 3 rings (SSSR count). The predicted octanol–water partition coefficient (Wildman–Crippen LogP) is 3.92. The van der Waals surface area contributed by atoms with Crippen molar-refractivity contribution in [2.45, 2.75) is 19.9 Å². The molecule has 0 aliphatic heterocycles. The van der Waals surface area contributed by atoms with E-state index in [1.165, 1.54) is 12.5 Å². The number of para-hydroxylation sites is 1. The molecule has 5 heteroatoms. The lowest BCUT2D eigenvalue weighted by atomic mass is 10.1. The van der Waals surface area contributed by atoms with Gasteiger partial charge in [0.25, 0.3) is 0 Å². The quantitative estimate of drug-likeness (QED) is 0.684. The highest BCUT2D eigenvalue weighted by Gasteiger charge is 2.22. The third-order valence-corrected chi connectivity index (χ3v) is 3.45. The molecular weight excluding hydrogens is 276 g/mol. The van der Waals surface area contributed by atoms with Crippen LogP contribution >= 0.6 is 11.6 Å².